The first-order chi connectivity index (χ1) is 6.51. The number of sulfonamides is 1. The van der Waals surface area contributed by atoms with Crippen LogP contribution >= 0.6 is 12.4 Å². The summed E-state index contributed by atoms with van der Waals surface area (Å²) in [6, 6.07) is 7.51. The fourth-order valence-electron chi connectivity index (χ4n) is 1.08. The maximum atomic E-state index is 10.8. The molecule has 0 amide bonds. The molecule has 1 aromatic carbocycles. The van der Waals surface area contributed by atoms with E-state index in [1.165, 1.54) is 0 Å². The third-order valence-electron chi connectivity index (χ3n) is 1.77. The SMILES string of the molecule is CS(=O)(=O)NCc1cccc(CN)c1.Cl. The Bertz CT molecular complexity index is 406. The van der Waals surface area contributed by atoms with E-state index in [0.717, 1.165) is 17.4 Å². The molecule has 0 bridgehead atoms. The quantitative estimate of drug-likeness (QED) is 0.823. The first-order valence-electron chi connectivity index (χ1n) is 4.24. The molecule has 0 fully saturated rings. The summed E-state index contributed by atoms with van der Waals surface area (Å²) >= 11 is 0. The lowest BCUT2D eigenvalue weighted by Gasteiger charge is -2.04. The Hall–Kier alpha value is -0.620. The lowest BCUT2D eigenvalue weighted by Crippen LogP contribution is -2.21. The summed E-state index contributed by atoms with van der Waals surface area (Å²) < 4.78 is 24.1. The van der Waals surface area contributed by atoms with E-state index in [4.69, 9.17) is 5.73 Å². The Labute approximate surface area is 96.3 Å². The second kappa shape index (κ2) is 6.07. The van der Waals surface area contributed by atoms with Gasteiger partial charge in [-0.2, -0.15) is 0 Å². The molecule has 0 spiro atoms. The van der Waals surface area contributed by atoms with Gasteiger partial charge in [-0.15, -0.1) is 12.4 Å². The first-order valence-corrected chi connectivity index (χ1v) is 6.13. The van der Waals surface area contributed by atoms with Gasteiger partial charge in [0.2, 0.25) is 10.0 Å². The Morgan fingerprint density at radius 3 is 2.47 bits per heavy atom. The number of halogens is 1. The van der Waals surface area contributed by atoms with E-state index in [9.17, 15) is 8.42 Å². The van der Waals surface area contributed by atoms with Gasteiger partial charge in [-0.25, -0.2) is 13.1 Å². The van der Waals surface area contributed by atoms with Crippen LogP contribution in [0.5, 0.6) is 0 Å². The maximum absolute atomic E-state index is 10.8. The van der Waals surface area contributed by atoms with Crippen LogP contribution < -0.4 is 10.5 Å². The fraction of sp³-hybridized carbons (Fsp3) is 0.333. The highest BCUT2D eigenvalue weighted by atomic mass is 35.5. The Balaban J connectivity index is 0.00000196. The summed E-state index contributed by atoms with van der Waals surface area (Å²) in [5.41, 5.74) is 7.38. The zero-order chi connectivity index (χ0) is 10.6. The Morgan fingerprint density at radius 1 is 1.33 bits per heavy atom. The largest absolute Gasteiger partial charge is 0.326 e. The van der Waals surface area contributed by atoms with Crippen molar-refractivity contribution in [3.8, 4) is 0 Å². The van der Waals surface area contributed by atoms with Crippen molar-refractivity contribution in [3.05, 3.63) is 35.4 Å². The van der Waals surface area contributed by atoms with Crippen LogP contribution in [0.2, 0.25) is 0 Å². The van der Waals surface area contributed by atoms with Gasteiger partial charge in [-0.05, 0) is 11.1 Å². The zero-order valence-electron chi connectivity index (χ0n) is 8.43. The van der Waals surface area contributed by atoms with Crippen LogP contribution in [-0.4, -0.2) is 14.7 Å². The molecule has 0 unspecified atom stereocenters. The van der Waals surface area contributed by atoms with E-state index in [2.05, 4.69) is 4.72 Å². The molecule has 6 heteroatoms. The molecule has 3 N–H and O–H groups in total. The van der Waals surface area contributed by atoms with Gasteiger partial charge < -0.3 is 5.73 Å². The van der Waals surface area contributed by atoms with Gasteiger partial charge in [0, 0.05) is 13.1 Å². The minimum Gasteiger partial charge on any atom is -0.326 e. The highest BCUT2D eigenvalue weighted by Crippen LogP contribution is 2.04. The molecule has 86 valence electrons. The normalized spacial score (nSPS) is 10.8. The number of hydrogen-bond acceptors (Lipinski definition) is 3. The van der Waals surface area contributed by atoms with Crippen LogP contribution in [0.3, 0.4) is 0 Å². The van der Waals surface area contributed by atoms with Gasteiger partial charge in [-0.1, -0.05) is 24.3 Å². The average molecular weight is 251 g/mol. The van der Waals surface area contributed by atoms with Crippen molar-refractivity contribution in [2.24, 2.45) is 5.73 Å². The fourth-order valence-corrected chi connectivity index (χ4v) is 1.51. The van der Waals surface area contributed by atoms with Crippen molar-refractivity contribution < 1.29 is 8.42 Å². The van der Waals surface area contributed by atoms with Gasteiger partial charge in [0.1, 0.15) is 0 Å². The number of rotatable bonds is 4. The van der Waals surface area contributed by atoms with Gasteiger partial charge >= 0.3 is 0 Å². The monoisotopic (exact) mass is 250 g/mol. The third kappa shape index (κ3) is 5.74. The van der Waals surface area contributed by atoms with E-state index in [-0.39, 0.29) is 12.4 Å². The highest BCUT2D eigenvalue weighted by molar-refractivity contribution is 7.88. The van der Waals surface area contributed by atoms with Crippen LogP contribution in [0.1, 0.15) is 11.1 Å². The van der Waals surface area contributed by atoms with E-state index < -0.39 is 10.0 Å². The smallest absolute Gasteiger partial charge is 0.209 e. The molecular formula is C9H15ClN2O2S. The summed E-state index contributed by atoms with van der Waals surface area (Å²) in [6.07, 6.45) is 1.14. The molecule has 15 heavy (non-hydrogen) atoms. The molecule has 0 atom stereocenters. The van der Waals surface area contributed by atoms with Gasteiger partial charge in [0.25, 0.3) is 0 Å². The molecule has 0 heterocycles. The highest BCUT2D eigenvalue weighted by Gasteiger charge is 2.00. The van der Waals surface area contributed by atoms with Crippen LogP contribution in [0.4, 0.5) is 0 Å². The first kappa shape index (κ1) is 14.4. The van der Waals surface area contributed by atoms with Gasteiger partial charge in [-0.3, -0.25) is 0 Å². The lowest BCUT2D eigenvalue weighted by molar-refractivity contribution is 0.587. The molecule has 0 saturated carbocycles. The summed E-state index contributed by atoms with van der Waals surface area (Å²) in [7, 11) is -3.12. The molecule has 0 radical (unpaired) electrons. The van der Waals surface area contributed by atoms with Crippen molar-refractivity contribution in [1.29, 1.82) is 0 Å². The van der Waals surface area contributed by atoms with Crippen LogP contribution in [0.25, 0.3) is 0 Å². The van der Waals surface area contributed by atoms with Crippen molar-refractivity contribution in [3.63, 3.8) is 0 Å². The predicted molar refractivity (Wildman–Crippen MR) is 63.3 cm³/mol. The summed E-state index contributed by atoms with van der Waals surface area (Å²) in [6.45, 7) is 0.777. The lowest BCUT2D eigenvalue weighted by atomic mass is 10.1. The minimum absolute atomic E-state index is 0. The summed E-state index contributed by atoms with van der Waals surface area (Å²) in [5.74, 6) is 0. The number of nitrogens with one attached hydrogen (secondary N) is 1. The van der Waals surface area contributed by atoms with Crippen molar-refractivity contribution >= 4 is 22.4 Å². The minimum atomic E-state index is -3.12. The molecule has 0 aromatic heterocycles. The van der Waals surface area contributed by atoms with E-state index in [1.807, 2.05) is 24.3 Å². The number of nitrogens with two attached hydrogens (primary N) is 1. The van der Waals surface area contributed by atoms with Crippen LogP contribution in [0, 0.1) is 0 Å². The van der Waals surface area contributed by atoms with Gasteiger partial charge in [0.05, 0.1) is 6.26 Å². The van der Waals surface area contributed by atoms with E-state index >= 15 is 0 Å². The summed E-state index contributed by atoms with van der Waals surface area (Å²) in [4.78, 5) is 0. The molecule has 1 rings (SSSR count). The van der Waals surface area contributed by atoms with Crippen LogP contribution in [-0.2, 0) is 23.1 Å². The maximum Gasteiger partial charge on any atom is 0.209 e. The number of hydrogen-bond donors (Lipinski definition) is 2. The standard InChI is InChI=1S/C9H14N2O2S.ClH/c1-14(12,13)11-7-9-4-2-3-8(5-9)6-10;/h2-5,11H,6-7,10H2,1H3;1H. The third-order valence-corrected chi connectivity index (χ3v) is 2.43. The van der Waals surface area contributed by atoms with Crippen LogP contribution in [0.15, 0.2) is 24.3 Å². The van der Waals surface area contributed by atoms with E-state index in [0.29, 0.717) is 13.1 Å². The molecule has 0 aliphatic heterocycles. The average Bonchev–Trinajstić information content (AvgIpc) is 2.14. The predicted octanol–water partition coefficient (Wildman–Crippen LogP) is 0.616. The van der Waals surface area contributed by atoms with Crippen molar-refractivity contribution in [2.75, 3.05) is 6.26 Å². The van der Waals surface area contributed by atoms with Crippen molar-refractivity contribution in [2.45, 2.75) is 13.1 Å². The Morgan fingerprint density at radius 2 is 1.93 bits per heavy atom. The van der Waals surface area contributed by atoms with Gasteiger partial charge in [0.15, 0.2) is 0 Å². The topological polar surface area (TPSA) is 72.2 Å². The number of benzene rings is 1. The summed E-state index contributed by atoms with van der Waals surface area (Å²) in [5, 5.41) is 0. The zero-order valence-corrected chi connectivity index (χ0v) is 10.1. The Kier molecular flexibility index (Phi) is 5.82. The van der Waals surface area contributed by atoms with E-state index in [1.54, 1.807) is 0 Å². The molecule has 4 nitrogen and oxygen atoms in total. The molecule has 1 aromatic rings. The second-order valence-electron chi connectivity index (χ2n) is 3.12. The molecule has 0 aliphatic carbocycles. The molecule has 0 aliphatic rings. The van der Waals surface area contributed by atoms with Crippen molar-refractivity contribution in [1.82, 2.24) is 4.72 Å². The second-order valence-corrected chi connectivity index (χ2v) is 4.95. The molecule has 0 saturated heterocycles. The molecular weight excluding hydrogens is 236 g/mol.